The van der Waals surface area contributed by atoms with Crippen LogP contribution in [0.15, 0.2) is 41.3 Å². The summed E-state index contributed by atoms with van der Waals surface area (Å²) in [6.07, 6.45) is 1.13. The highest BCUT2D eigenvalue weighted by atomic mass is 35.5. The maximum atomic E-state index is 13.3. The molecule has 2 saturated heterocycles. The second kappa shape index (κ2) is 11.3. The van der Waals surface area contributed by atoms with Crippen molar-refractivity contribution in [3.05, 3.63) is 41.4 Å². The fourth-order valence-corrected chi connectivity index (χ4v) is 6.42. The van der Waals surface area contributed by atoms with E-state index in [4.69, 9.17) is 16.3 Å². The zero-order valence-corrected chi connectivity index (χ0v) is 24.1. The normalized spacial score (nSPS) is 21.2. The predicted octanol–water partition coefficient (Wildman–Crippen LogP) is 3.28. The minimum atomic E-state index is -3.98. The quantitative estimate of drug-likeness (QED) is 0.542. The van der Waals surface area contributed by atoms with Crippen molar-refractivity contribution in [2.24, 2.45) is 0 Å². The molecule has 212 valence electrons. The van der Waals surface area contributed by atoms with E-state index in [-0.39, 0.29) is 29.8 Å². The molecule has 39 heavy (non-hydrogen) atoms. The summed E-state index contributed by atoms with van der Waals surface area (Å²) < 4.78 is 34.0. The number of amides is 3. The first-order valence-electron chi connectivity index (χ1n) is 13.0. The molecule has 2 aromatic carbocycles. The first kappa shape index (κ1) is 29.1. The van der Waals surface area contributed by atoms with Crippen molar-refractivity contribution in [1.82, 2.24) is 19.8 Å². The summed E-state index contributed by atoms with van der Waals surface area (Å²) >= 11 is 6.02. The van der Waals surface area contributed by atoms with Crippen molar-refractivity contribution < 1.29 is 27.5 Å². The van der Waals surface area contributed by atoms with Crippen LogP contribution in [0.4, 0.5) is 4.79 Å². The van der Waals surface area contributed by atoms with Gasteiger partial charge in [-0.05, 0) is 82.0 Å². The van der Waals surface area contributed by atoms with Crippen LogP contribution in [0.25, 0.3) is 10.8 Å². The monoisotopic (exact) mass is 578 g/mol. The van der Waals surface area contributed by atoms with E-state index in [2.05, 4.69) is 10.0 Å². The molecule has 0 spiro atoms. The smallest absolute Gasteiger partial charge is 0.407 e. The predicted molar refractivity (Wildman–Crippen MR) is 148 cm³/mol. The van der Waals surface area contributed by atoms with E-state index in [1.165, 1.54) is 17.0 Å². The summed E-state index contributed by atoms with van der Waals surface area (Å²) in [6, 6.07) is 7.86. The molecule has 0 aromatic heterocycles. The maximum absolute atomic E-state index is 13.3. The average molecular weight is 579 g/mol. The van der Waals surface area contributed by atoms with Gasteiger partial charge in [0.2, 0.25) is 21.8 Å². The number of carbonyl (C=O) groups is 3. The summed E-state index contributed by atoms with van der Waals surface area (Å²) in [7, 11) is -3.98. The van der Waals surface area contributed by atoms with Gasteiger partial charge in [-0.25, -0.2) is 13.2 Å². The van der Waals surface area contributed by atoms with Crippen LogP contribution in [0.5, 0.6) is 0 Å². The summed E-state index contributed by atoms with van der Waals surface area (Å²) in [4.78, 5) is 41.7. The molecule has 2 fully saturated rings. The molecule has 0 radical (unpaired) electrons. The summed E-state index contributed by atoms with van der Waals surface area (Å²) in [5, 5.41) is 4.89. The van der Waals surface area contributed by atoms with E-state index in [1.807, 2.05) is 0 Å². The molecule has 2 aliphatic heterocycles. The van der Waals surface area contributed by atoms with E-state index >= 15 is 0 Å². The number of hydrogen-bond donors (Lipinski definition) is 2. The van der Waals surface area contributed by atoms with E-state index in [1.54, 1.807) is 56.9 Å². The van der Waals surface area contributed by atoms with Crippen molar-refractivity contribution in [1.29, 1.82) is 0 Å². The third-order valence-corrected chi connectivity index (χ3v) is 8.60. The Bertz CT molecular complexity index is 1380. The van der Waals surface area contributed by atoms with E-state index in [0.29, 0.717) is 36.3 Å². The Labute approximate surface area is 234 Å². The van der Waals surface area contributed by atoms with Gasteiger partial charge in [0, 0.05) is 30.7 Å². The molecular formula is C27H35ClN4O6S. The minimum absolute atomic E-state index is 0.0459. The number of halogens is 1. The molecule has 0 aliphatic carbocycles. The molecule has 2 aromatic rings. The number of fused-ring (bicyclic) bond motifs is 1. The van der Waals surface area contributed by atoms with Gasteiger partial charge in [0.25, 0.3) is 0 Å². The molecule has 2 N–H and O–H groups in total. The number of nitrogens with zero attached hydrogens (tertiary/aromatic N) is 2. The summed E-state index contributed by atoms with van der Waals surface area (Å²) in [6.45, 7) is 8.07. The lowest BCUT2D eigenvalue weighted by Crippen LogP contribution is -2.55. The van der Waals surface area contributed by atoms with Crippen molar-refractivity contribution in [2.75, 3.05) is 19.6 Å². The Morgan fingerprint density at radius 2 is 1.77 bits per heavy atom. The maximum Gasteiger partial charge on any atom is 0.407 e. The molecule has 4 rings (SSSR count). The Morgan fingerprint density at radius 1 is 1.08 bits per heavy atom. The van der Waals surface area contributed by atoms with Crippen LogP contribution in [-0.2, 0) is 24.3 Å². The Kier molecular flexibility index (Phi) is 8.44. The Balaban J connectivity index is 1.37. The molecule has 0 saturated carbocycles. The van der Waals surface area contributed by atoms with Crippen LogP contribution in [0.1, 0.15) is 47.0 Å². The van der Waals surface area contributed by atoms with Gasteiger partial charge in [-0.1, -0.05) is 23.7 Å². The second-order valence-corrected chi connectivity index (χ2v) is 13.2. The number of likely N-dealkylation sites (tertiary alicyclic amines) is 2. The van der Waals surface area contributed by atoms with Gasteiger partial charge < -0.3 is 19.9 Å². The van der Waals surface area contributed by atoms with E-state index in [9.17, 15) is 22.8 Å². The van der Waals surface area contributed by atoms with Gasteiger partial charge in [-0.2, -0.15) is 4.72 Å². The number of nitrogens with one attached hydrogen (secondary N) is 2. The molecule has 12 heteroatoms. The number of benzene rings is 2. The molecule has 10 nitrogen and oxygen atoms in total. The van der Waals surface area contributed by atoms with Crippen LogP contribution in [0, 0.1) is 0 Å². The SMILES string of the molecule is CC(C(=O)N1CCCC(NC(=O)OC(C)(C)C)C1)N1CCC(NS(=O)(=O)c2ccc3cc(Cl)ccc3c2)C1=O. The number of sulfonamides is 1. The van der Waals surface area contributed by atoms with Gasteiger partial charge >= 0.3 is 6.09 Å². The second-order valence-electron chi connectivity index (χ2n) is 11.1. The number of ether oxygens (including phenoxy) is 1. The van der Waals surface area contributed by atoms with E-state index in [0.717, 1.165) is 5.39 Å². The summed E-state index contributed by atoms with van der Waals surface area (Å²) in [5.74, 6) is -0.678. The lowest BCUT2D eigenvalue weighted by Gasteiger charge is -2.36. The van der Waals surface area contributed by atoms with Crippen LogP contribution < -0.4 is 10.0 Å². The lowest BCUT2D eigenvalue weighted by atomic mass is 10.0. The zero-order valence-electron chi connectivity index (χ0n) is 22.6. The summed E-state index contributed by atoms with van der Waals surface area (Å²) in [5.41, 5.74) is -0.625. The van der Waals surface area contributed by atoms with Crippen LogP contribution in [0.2, 0.25) is 5.02 Å². The molecule has 3 unspecified atom stereocenters. The Hall–Kier alpha value is -2.89. The van der Waals surface area contributed by atoms with Gasteiger partial charge in [0.15, 0.2) is 0 Å². The molecule has 3 atom stereocenters. The number of hydrogen-bond acceptors (Lipinski definition) is 6. The fraction of sp³-hybridized carbons (Fsp3) is 0.519. The van der Waals surface area contributed by atoms with Gasteiger partial charge in [-0.15, -0.1) is 0 Å². The highest BCUT2D eigenvalue weighted by Gasteiger charge is 2.40. The molecule has 0 bridgehead atoms. The lowest BCUT2D eigenvalue weighted by molar-refractivity contribution is -0.144. The largest absolute Gasteiger partial charge is 0.444 e. The fourth-order valence-electron chi connectivity index (χ4n) is 4.98. The highest BCUT2D eigenvalue weighted by molar-refractivity contribution is 7.89. The van der Waals surface area contributed by atoms with Gasteiger partial charge in [0.05, 0.1) is 4.90 Å². The number of piperidine rings is 1. The third kappa shape index (κ3) is 7.01. The van der Waals surface area contributed by atoms with Gasteiger partial charge in [0.1, 0.15) is 17.7 Å². The topological polar surface area (TPSA) is 125 Å². The Morgan fingerprint density at radius 3 is 2.49 bits per heavy atom. The van der Waals surface area contributed by atoms with Crippen molar-refractivity contribution in [2.45, 2.75) is 75.6 Å². The van der Waals surface area contributed by atoms with Crippen LogP contribution >= 0.6 is 11.6 Å². The van der Waals surface area contributed by atoms with E-state index < -0.39 is 39.7 Å². The number of rotatable bonds is 6. The van der Waals surface area contributed by atoms with Crippen LogP contribution in [0.3, 0.4) is 0 Å². The minimum Gasteiger partial charge on any atom is -0.444 e. The molecule has 3 amide bonds. The van der Waals surface area contributed by atoms with Crippen molar-refractivity contribution in [3.63, 3.8) is 0 Å². The molecular weight excluding hydrogens is 544 g/mol. The zero-order chi connectivity index (χ0) is 28.5. The van der Waals surface area contributed by atoms with Crippen molar-refractivity contribution >= 4 is 50.3 Å². The van der Waals surface area contributed by atoms with Crippen LogP contribution in [-0.4, -0.2) is 79.5 Å². The number of carbonyl (C=O) groups excluding carboxylic acids is 3. The standard InChI is InChI=1S/C27H35ClN4O6S/c1-17(24(33)31-12-5-6-21(16-31)29-26(35)38-27(2,3)4)32-13-11-23(25(32)34)30-39(36,37)22-10-8-18-14-20(28)9-7-19(18)15-22/h7-10,14-15,17,21,23,30H,5-6,11-13,16H2,1-4H3,(H,29,35). The molecule has 2 aliphatic rings. The third-order valence-electron chi connectivity index (χ3n) is 6.90. The van der Waals surface area contributed by atoms with Crippen molar-refractivity contribution in [3.8, 4) is 0 Å². The average Bonchev–Trinajstić information content (AvgIpc) is 3.20. The number of alkyl carbamates (subject to hydrolysis) is 1. The van der Waals surface area contributed by atoms with Gasteiger partial charge in [-0.3, -0.25) is 9.59 Å². The first-order valence-corrected chi connectivity index (χ1v) is 14.9. The molecule has 2 heterocycles. The first-order chi connectivity index (χ1) is 18.2. The highest BCUT2D eigenvalue weighted by Crippen LogP contribution is 2.24.